The van der Waals surface area contributed by atoms with Crippen LogP contribution in [0.15, 0.2) is 0 Å². The van der Waals surface area contributed by atoms with Gasteiger partial charge in [-0.15, -0.1) is 10.2 Å². The van der Waals surface area contributed by atoms with Gasteiger partial charge in [0.05, 0.1) is 0 Å². The van der Waals surface area contributed by atoms with Crippen LogP contribution < -0.4 is 0 Å². The highest BCUT2D eigenvalue weighted by atomic mass is 15.5. The van der Waals surface area contributed by atoms with Crippen molar-refractivity contribution in [2.45, 2.75) is 20.3 Å². The minimum Gasteiger partial charge on any atom is -0.177 e. The van der Waals surface area contributed by atoms with Gasteiger partial charge in [0.1, 0.15) is 0 Å². The van der Waals surface area contributed by atoms with Crippen LogP contribution >= 0.6 is 0 Å². The normalized spacial score (nSPS) is 10.6. The van der Waals surface area contributed by atoms with Gasteiger partial charge in [0.15, 0.2) is 5.82 Å². The quantitative estimate of drug-likeness (QED) is 0.624. The Bertz CT molecular complexity index is 155. The lowest BCUT2D eigenvalue weighted by Crippen LogP contribution is -1.95. The van der Waals surface area contributed by atoms with Crippen molar-refractivity contribution in [2.75, 3.05) is 0 Å². The Kier molecular flexibility index (Phi) is 1.77. The van der Waals surface area contributed by atoms with E-state index in [2.05, 4.69) is 34.5 Å². The average molecular weight is 126 g/mol. The maximum absolute atomic E-state index is 3.81. The smallest absolute Gasteiger partial charge is 0.174 e. The molecule has 1 N–H and O–H groups in total. The van der Waals surface area contributed by atoms with Crippen molar-refractivity contribution in [2.24, 2.45) is 5.92 Å². The van der Waals surface area contributed by atoms with Crippen molar-refractivity contribution in [1.29, 1.82) is 0 Å². The van der Waals surface area contributed by atoms with Crippen molar-refractivity contribution in [1.82, 2.24) is 20.6 Å². The molecule has 9 heavy (non-hydrogen) atoms. The van der Waals surface area contributed by atoms with E-state index in [1.807, 2.05) is 0 Å². The number of nitrogens with one attached hydrogen (secondary N) is 1. The van der Waals surface area contributed by atoms with Gasteiger partial charge in [-0.2, -0.15) is 5.21 Å². The van der Waals surface area contributed by atoms with E-state index < -0.39 is 0 Å². The Morgan fingerprint density at radius 2 is 2.33 bits per heavy atom. The van der Waals surface area contributed by atoms with Crippen LogP contribution in [0.1, 0.15) is 19.7 Å². The summed E-state index contributed by atoms with van der Waals surface area (Å²) in [5.74, 6) is 1.40. The highest BCUT2D eigenvalue weighted by Crippen LogP contribution is 1.98. The number of hydrogen-bond acceptors (Lipinski definition) is 3. The molecule has 0 amide bonds. The molecule has 0 atom stereocenters. The summed E-state index contributed by atoms with van der Waals surface area (Å²) in [5.41, 5.74) is 0. The summed E-state index contributed by atoms with van der Waals surface area (Å²) >= 11 is 0. The molecule has 1 aromatic heterocycles. The average Bonchev–Trinajstić information content (AvgIpc) is 2.15. The maximum Gasteiger partial charge on any atom is 0.174 e. The minimum atomic E-state index is 0.600. The first kappa shape index (κ1) is 6.19. The van der Waals surface area contributed by atoms with Crippen LogP contribution in [0, 0.1) is 5.92 Å². The fraction of sp³-hybridized carbons (Fsp3) is 0.800. The predicted molar refractivity (Wildman–Crippen MR) is 32.7 cm³/mol. The van der Waals surface area contributed by atoms with Gasteiger partial charge in [-0.3, -0.25) is 0 Å². The summed E-state index contributed by atoms with van der Waals surface area (Å²) in [4.78, 5) is 0. The van der Waals surface area contributed by atoms with Gasteiger partial charge in [0.2, 0.25) is 0 Å². The fourth-order valence-electron chi connectivity index (χ4n) is 0.634. The summed E-state index contributed by atoms with van der Waals surface area (Å²) in [6, 6.07) is 0. The first-order valence-electron chi connectivity index (χ1n) is 3.01. The third-order valence-electron chi connectivity index (χ3n) is 0.980. The number of nitrogens with zero attached hydrogens (tertiary/aromatic N) is 3. The Labute approximate surface area is 53.7 Å². The van der Waals surface area contributed by atoms with E-state index in [4.69, 9.17) is 0 Å². The molecule has 50 valence electrons. The van der Waals surface area contributed by atoms with Gasteiger partial charge in [0, 0.05) is 6.42 Å². The number of hydrogen-bond donors (Lipinski definition) is 1. The van der Waals surface area contributed by atoms with Crippen LogP contribution in [-0.4, -0.2) is 20.6 Å². The van der Waals surface area contributed by atoms with Gasteiger partial charge in [-0.25, -0.2) is 0 Å². The molecular weight excluding hydrogens is 116 g/mol. The van der Waals surface area contributed by atoms with E-state index in [0.717, 1.165) is 12.2 Å². The van der Waals surface area contributed by atoms with Crippen LogP contribution in [0.4, 0.5) is 0 Å². The molecule has 0 fully saturated rings. The molecule has 0 aliphatic carbocycles. The van der Waals surface area contributed by atoms with Crippen LogP contribution in [0.5, 0.6) is 0 Å². The van der Waals surface area contributed by atoms with E-state index in [1.54, 1.807) is 0 Å². The summed E-state index contributed by atoms with van der Waals surface area (Å²) in [6.07, 6.45) is 0.899. The molecule has 1 rings (SSSR count). The highest BCUT2D eigenvalue weighted by Gasteiger charge is 1.99. The van der Waals surface area contributed by atoms with Crippen molar-refractivity contribution in [3.05, 3.63) is 5.82 Å². The van der Waals surface area contributed by atoms with Crippen molar-refractivity contribution < 1.29 is 0 Å². The lowest BCUT2D eigenvalue weighted by Gasteiger charge is -1.95. The SMILES string of the molecule is CC(C)Cc1nn[nH]n1. The molecule has 0 aliphatic rings. The van der Waals surface area contributed by atoms with E-state index in [-0.39, 0.29) is 0 Å². The first-order chi connectivity index (χ1) is 4.29. The molecule has 0 aliphatic heterocycles. The van der Waals surface area contributed by atoms with Gasteiger partial charge < -0.3 is 0 Å². The molecule has 0 bridgehead atoms. The van der Waals surface area contributed by atoms with E-state index in [9.17, 15) is 0 Å². The number of tetrazole rings is 1. The molecule has 0 saturated heterocycles. The molecular formula is C5H10N4. The number of H-pyrrole nitrogens is 1. The Balaban J connectivity index is 2.48. The molecule has 0 spiro atoms. The second kappa shape index (κ2) is 2.57. The summed E-state index contributed by atoms with van der Waals surface area (Å²) in [7, 11) is 0. The molecule has 1 heterocycles. The van der Waals surface area contributed by atoms with Gasteiger partial charge in [-0.05, 0) is 5.92 Å². The molecule has 1 aromatic rings. The predicted octanol–water partition coefficient (Wildman–Crippen LogP) is 0.398. The van der Waals surface area contributed by atoms with Crippen LogP contribution in [0.3, 0.4) is 0 Å². The zero-order valence-corrected chi connectivity index (χ0v) is 5.63. The van der Waals surface area contributed by atoms with Gasteiger partial charge in [-0.1, -0.05) is 19.1 Å². The summed E-state index contributed by atoms with van der Waals surface area (Å²) in [6.45, 7) is 4.24. The van der Waals surface area contributed by atoms with E-state index >= 15 is 0 Å². The number of rotatable bonds is 2. The van der Waals surface area contributed by atoms with Crippen LogP contribution in [0.2, 0.25) is 0 Å². The highest BCUT2D eigenvalue weighted by molar-refractivity contribution is 4.76. The zero-order valence-electron chi connectivity index (χ0n) is 5.63. The Hall–Kier alpha value is -0.930. The van der Waals surface area contributed by atoms with Crippen molar-refractivity contribution >= 4 is 0 Å². The summed E-state index contributed by atoms with van der Waals surface area (Å²) in [5, 5.41) is 13.5. The monoisotopic (exact) mass is 126 g/mol. The van der Waals surface area contributed by atoms with Crippen molar-refractivity contribution in [3.8, 4) is 0 Å². The number of aromatic nitrogens is 4. The molecule has 4 heteroatoms. The summed E-state index contributed by atoms with van der Waals surface area (Å²) < 4.78 is 0. The maximum atomic E-state index is 3.81. The zero-order chi connectivity index (χ0) is 6.69. The third-order valence-corrected chi connectivity index (χ3v) is 0.980. The molecule has 0 saturated carbocycles. The Morgan fingerprint density at radius 3 is 2.78 bits per heavy atom. The van der Waals surface area contributed by atoms with Crippen molar-refractivity contribution in [3.63, 3.8) is 0 Å². The van der Waals surface area contributed by atoms with Crippen LogP contribution in [-0.2, 0) is 6.42 Å². The lowest BCUT2D eigenvalue weighted by atomic mass is 10.1. The fourth-order valence-corrected chi connectivity index (χ4v) is 0.634. The second-order valence-corrected chi connectivity index (χ2v) is 2.43. The minimum absolute atomic E-state index is 0.600. The first-order valence-corrected chi connectivity index (χ1v) is 3.01. The third kappa shape index (κ3) is 1.79. The molecule has 0 aromatic carbocycles. The largest absolute Gasteiger partial charge is 0.177 e. The number of aromatic amines is 1. The molecule has 4 nitrogen and oxygen atoms in total. The topological polar surface area (TPSA) is 54.5 Å². The van der Waals surface area contributed by atoms with E-state index in [0.29, 0.717) is 5.92 Å². The van der Waals surface area contributed by atoms with E-state index in [1.165, 1.54) is 0 Å². The van der Waals surface area contributed by atoms with Crippen LogP contribution in [0.25, 0.3) is 0 Å². The molecule has 0 unspecified atom stereocenters. The van der Waals surface area contributed by atoms with Gasteiger partial charge >= 0.3 is 0 Å². The second-order valence-electron chi connectivity index (χ2n) is 2.43. The van der Waals surface area contributed by atoms with Gasteiger partial charge in [0.25, 0.3) is 0 Å². The Morgan fingerprint density at radius 1 is 1.56 bits per heavy atom. The lowest BCUT2D eigenvalue weighted by molar-refractivity contribution is 0.621. The molecule has 0 radical (unpaired) electrons. The standard InChI is InChI=1S/C5H10N4/c1-4(2)3-5-6-8-9-7-5/h4H,3H2,1-2H3,(H,6,7,8,9).